The summed E-state index contributed by atoms with van der Waals surface area (Å²) in [5, 5.41) is 14.7. The van der Waals surface area contributed by atoms with Crippen molar-refractivity contribution < 1.29 is 14.6 Å². The van der Waals surface area contributed by atoms with Gasteiger partial charge in [0.15, 0.2) is 0 Å². The van der Waals surface area contributed by atoms with E-state index in [1.165, 1.54) is 25.7 Å². The van der Waals surface area contributed by atoms with Gasteiger partial charge in [0.1, 0.15) is 5.60 Å². The van der Waals surface area contributed by atoms with Crippen LogP contribution in [0.3, 0.4) is 0 Å². The zero-order valence-corrected chi connectivity index (χ0v) is 18.4. The van der Waals surface area contributed by atoms with Gasteiger partial charge in [0.2, 0.25) is 5.91 Å². The molecule has 1 fully saturated rings. The van der Waals surface area contributed by atoms with E-state index >= 15 is 0 Å². The lowest BCUT2D eigenvalue weighted by molar-refractivity contribution is -0.117. The molecule has 1 saturated carbocycles. The SMILES string of the molecule is COCC(C)(O)Cn1cc(NC(=O)CC2CCCCCC2)c2c(Br)cccc21. The van der Waals surface area contributed by atoms with Crippen LogP contribution in [0.4, 0.5) is 5.69 Å². The molecule has 6 heteroatoms. The topological polar surface area (TPSA) is 63.5 Å². The van der Waals surface area contributed by atoms with Gasteiger partial charge in [-0.25, -0.2) is 0 Å². The first-order chi connectivity index (χ1) is 13.4. The Labute approximate surface area is 175 Å². The van der Waals surface area contributed by atoms with Crippen molar-refractivity contribution >= 4 is 38.4 Å². The number of rotatable bonds is 7. The van der Waals surface area contributed by atoms with E-state index in [9.17, 15) is 9.90 Å². The van der Waals surface area contributed by atoms with Crippen molar-refractivity contribution in [3.63, 3.8) is 0 Å². The lowest BCUT2D eigenvalue weighted by Crippen LogP contribution is -2.35. The summed E-state index contributed by atoms with van der Waals surface area (Å²) in [5.74, 6) is 0.562. The molecule has 1 unspecified atom stereocenters. The van der Waals surface area contributed by atoms with Crippen LogP contribution in [0.2, 0.25) is 0 Å². The molecule has 1 aromatic carbocycles. The van der Waals surface area contributed by atoms with Crippen LogP contribution in [-0.4, -0.2) is 34.9 Å². The number of anilines is 1. The molecule has 5 nitrogen and oxygen atoms in total. The molecule has 1 heterocycles. The number of halogens is 1. The first-order valence-corrected chi connectivity index (χ1v) is 11.0. The molecule has 3 rings (SSSR count). The Morgan fingerprint density at radius 2 is 2.04 bits per heavy atom. The van der Waals surface area contributed by atoms with Crippen LogP contribution in [0.25, 0.3) is 10.9 Å². The fourth-order valence-electron chi connectivity index (χ4n) is 4.29. The summed E-state index contributed by atoms with van der Waals surface area (Å²) in [7, 11) is 1.58. The number of carbonyl (C=O) groups is 1. The smallest absolute Gasteiger partial charge is 0.224 e. The van der Waals surface area contributed by atoms with Crippen LogP contribution >= 0.6 is 15.9 Å². The average molecular weight is 451 g/mol. The Kier molecular flexibility index (Phi) is 7.18. The van der Waals surface area contributed by atoms with Crippen molar-refractivity contribution in [2.75, 3.05) is 19.0 Å². The summed E-state index contributed by atoms with van der Waals surface area (Å²) in [6.07, 6.45) is 9.86. The summed E-state index contributed by atoms with van der Waals surface area (Å²) in [4.78, 5) is 12.7. The second-order valence-electron chi connectivity index (χ2n) is 8.34. The number of hydrogen-bond acceptors (Lipinski definition) is 3. The van der Waals surface area contributed by atoms with Crippen LogP contribution < -0.4 is 5.32 Å². The predicted molar refractivity (Wildman–Crippen MR) is 117 cm³/mol. The molecule has 1 atom stereocenters. The molecule has 0 aliphatic heterocycles. The van der Waals surface area contributed by atoms with Gasteiger partial charge < -0.3 is 19.7 Å². The van der Waals surface area contributed by atoms with Crippen molar-refractivity contribution in [2.45, 2.75) is 64.0 Å². The number of carbonyl (C=O) groups excluding carboxylic acids is 1. The monoisotopic (exact) mass is 450 g/mol. The molecule has 1 aliphatic rings. The third-order valence-electron chi connectivity index (χ3n) is 5.54. The number of aliphatic hydroxyl groups is 1. The Morgan fingerprint density at radius 1 is 1.32 bits per heavy atom. The Morgan fingerprint density at radius 3 is 2.71 bits per heavy atom. The van der Waals surface area contributed by atoms with E-state index in [2.05, 4.69) is 21.2 Å². The van der Waals surface area contributed by atoms with Crippen molar-refractivity contribution in [3.05, 3.63) is 28.9 Å². The van der Waals surface area contributed by atoms with E-state index in [1.54, 1.807) is 14.0 Å². The van der Waals surface area contributed by atoms with Gasteiger partial charge in [0.25, 0.3) is 0 Å². The second kappa shape index (κ2) is 9.42. The fraction of sp³-hybridized carbons (Fsp3) is 0.591. The standard InChI is InChI=1S/C22H31BrN2O3/c1-22(27,15-28-2)14-25-13-18(21-17(23)10-7-11-19(21)25)24-20(26)12-16-8-5-3-4-6-9-16/h7,10-11,13,16,27H,3-6,8-9,12,14-15H2,1-2H3,(H,24,26). The first kappa shape index (κ1) is 21.3. The minimum atomic E-state index is -0.995. The third-order valence-corrected chi connectivity index (χ3v) is 6.21. The highest BCUT2D eigenvalue weighted by atomic mass is 79.9. The third kappa shape index (κ3) is 5.37. The Bertz CT molecular complexity index is 807. The zero-order valence-electron chi connectivity index (χ0n) is 16.8. The van der Waals surface area contributed by atoms with E-state index in [1.807, 2.05) is 29.0 Å². The lowest BCUT2D eigenvalue weighted by Gasteiger charge is -2.23. The molecule has 2 N–H and O–H groups in total. The summed E-state index contributed by atoms with van der Waals surface area (Å²) in [6.45, 7) is 2.38. The summed E-state index contributed by atoms with van der Waals surface area (Å²) in [5.41, 5.74) is 0.759. The molecule has 1 aliphatic carbocycles. The number of methoxy groups -OCH3 is 1. The van der Waals surface area contributed by atoms with Gasteiger partial charge in [0.05, 0.1) is 24.4 Å². The molecule has 154 valence electrons. The summed E-state index contributed by atoms with van der Waals surface area (Å²) < 4.78 is 8.06. The average Bonchev–Trinajstić information content (AvgIpc) is 2.79. The molecule has 0 bridgehead atoms. The number of ether oxygens (including phenoxy) is 1. The van der Waals surface area contributed by atoms with E-state index in [0.717, 1.165) is 33.9 Å². The number of hydrogen-bond donors (Lipinski definition) is 2. The molecule has 0 saturated heterocycles. The van der Waals surface area contributed by atoms with Gasteiger partial charge in [-0.1, -0.05) is 47.7 Å². The van der Waals surface area contributed by atoms with Gasteiger partial charge in [0, 0.05) is 29.6 Å². The van der Waals surface area contributed by atoms with E-state index in [0.29, 0.717) is 18.9 Å². The lowest BCUT2D eigenvalue weighted by atomic mass is 9.96. The fourth-order valence-corrected chi connectivity index (χ4v) is 4.86. The van der Waals surface area contributed by atoms with Gasteiger partial charge in [-0.3, -0.25) is 4.79 Å². The van der Waals surface area contributed by atoms with Crippen LogP contribution in [0.1, 0.15) is 51.9 Å². The van der Waals surface area contributed by atoms with Crippen LogP contribution in [-0.2, 0) is 16.1 Å². The van der Waals surface area contributed by atoms with Crippen molar-refractivity contribution in [1.82, 2.24) is 4.57 Å². The Balaban J connectivity index is 1.81. The number of amides is 1. The molecular formula is C22H31BrN2O3. The van der Waals surface area contributed by atoms with Crippen molar-refractivity contribution in [1.29, 1.82) is 0 Å². The largest absolute Gasteiger partial charge is 0.386 e. The molecule has 0 spiro atoms. The number of benzene rings is 1. The summed E-state index contributed by atoms with van der Waals surface area (Å²) >= 11 is 3.62. The number of aromatic nitrogens is 1. The normalized spacial score (nSPS) is 18.0. The number of nitrogens with one attached hydrogen (secondary N) is 1. The minimum absolute atomic E-state index is 0.0744. The maximum absolute atomic E-state index is 12.7. The van der Waals surface area contributed by atoms with Gasteiger partial charge in [-0.2, -0.15) is 0 Å². The predicted octanol–water partition coefficient (Wildman–Crippen LogP) is 5.10. The van der Waals surface area contributed by atoms with Gasteiger partial charge >= 0.3 is 0 Å². The summed E-state index contributed by atoms with van der Waals surface area (Å²) in [6, 6.07) is 5.94. The van der Waals surface area contributed by atoms with Crippen LogP contribution in [0.15, 0.2) is 28.9 Å². The molecule has 1 aromatic heterocycles. The molecule has 2 aromatic rings. The maximum atomic E-state index is 12.7. The van der Waals surface area contributed by atoms with E-state index in [4.69, 9.17) is 4.74 Å². The molecular weight excluding hydrogens is 420 g/mol. The highest BCUT2D eigenvalue weighted by Crippen LogP contribution is 2.34. The van der Waals surface area contributed by atoms with E-state index in [-0.39, 0.29) is 12.5 Å². The van der Waals surface area contributed by atoms with Gasteiger partial charge in [-0.05, 0) is 37.8 Å². The number of fused-ring (bicyclic) bond motifs is 1. The van der Waals surface area contributed by atoms with E-state index < -0.39 is 5.60 Å². The van der Waals surface area contributed by atoms with Gasteiger partial charge in [-0.15, -0.1) is 0 Å². The second-order valence-corrected chi connectivity index (χ2v) is 9.20. The highest BCUT2D eigenvalue weighted by Gasteiger charge is 2.24. The number of nitrogens with zero attached hydrogens (tertiary/aromatic N) is 1. The Hall–Kier alpha value is -1.37. The van der Waals surface area contributed by atoms with Crippen LogP contribution in [0.5, 0.6) is 0 Å². The van der Waals surface area contributed by atoms with Crippen LogP contribution in [0, 0.1) is 5.92 Å². The zero-order chi connectivity index (χ0) is 20.1. The quantitative estimate of drug-likeness (QED) is 0.576. The molecule has 28 heavy (non-hydrogen) atoms. The molecule has 1 amide bonds. The maximum Gasteiger partial charge on any atom is 0.224 e. The minimum Gasteiger partial charge on any atom is -0.386 e. The van der Waals surface area contributed by atoms with Crippen molar-refractivity contribution in [2.24, 2.45) is 5.92 Å². The molecule has 0 radical (unpaired) electrons. The highest BCUT2D eigenvalue weighted by molar-refractivity contribution is 9.10. The van der Waals surface area contributed by atoms with Crippen molar-refractivity contribution in [3.8, 4) is 0 Å². The first-order valence-electron chi connectivity index (χ1n) is 10.2.